The lowest BCUT2D eigenvalue weighted by Gasteiger charge is -2.50. The maximum absolute atomic E-state index is 13.2. The Bertz CT molecular complexity index is 1710. The first-order valence-electron chi connectivity index (χ1n) is 24.8. The number of likely N-dealkylation sites (N-methyl/N-ethyl adjacent to an activating group) is 1. The zero-order valence-corrected chi connectivity index (χ0v) is 46.5. The number of aryl methyl sites for hydroxylation is 1. The molecule has 0 amide bonds. The fraction of sp³-hybridized carbons (Fsp3) is 0.854. The molecule has 0 bridgehead atoms. The van der Waals surface area contributed by atoms with Gasteiger partial charge in [-0.05, 0) is 139 Å². The van der Waals surface area contributed by atoms with Gasteiger partial charge >= 0.3 is 24.1 Å². The van der Waals surface area contributed by atoms with Crippen LogP contribution in [-0.2, 0) is 33.0 Å². The highest BCUT2D eigenvalue weighted by Crippen LogP contribution is 2.62. The molecule has 3 aliphatic rings. The van der Waals surface area contributed by atoms with E-state index in [4.69, 9.17) is 31.9 Å². The summed E-state index contributed by atoms with van der Waals surface area (Å²) in [4.78, 5) is 6.60. The Morgan fingerprint density at radius 1 is 0.817 bits per heavy atom. The predicted molar refractivity (Wildman–Crippen MR) is 269 cm³/mol. The number of hydrogen-bond donors (Lipinski definition) is 0. The molecule has 3 aliphatic carbocycles. The molecule has 2 fully saturated rings. The van der Waals surface area contributed by atoms with Crippen LogP contribution in [0.3, 0.4) is 0 Å². The van der Waals surface area contributed by atoms with Crippen LogP contribution in [0, 0.1) is 34.5 Å². The van der Waals surface area contributed by atoms with Crippen molar-refractivity contribution >= 4 is 53.1 Å². The average Bonchev–Trinajstić information content (AvgIpc) is 3.62. The van der Waals surface area contributed by atoms with Gasteiger partial charge in [0.1, 0.15) is 5.75 Å². The fourth-order valence-corrected chi connectivity index (χ4v) is 14.6. The molecule has 0 spiro atoms. The van der Waals surface area contributed by atoms with Crippen LogP contribution < -0.4 is 4.74 Å². The van der Waals surface area contributed by atoms with E-state index in [9.17, 15) is 39.5 Å². The average molecular weight is 1200 g/mol. The molecule has 7 unspecified atom stereocenters. The molecule has 4 rings (SSSR count). The predicted octanol–water partition coefficient (Wildman–Crippen LogP) is 14.6. The number of ether oxygens (including phenoxy) is 3. The molecule has 7 atom stereocenters. The van der Waals surface area contributed by atoms with Gasteiger partial charge in [-0.2, -0.15) is 48.0 Å². The highest BCUT2D eigenvalue weighted by Gasteiger charge is 2.85. The number of nitriles is 1. The third-order valence-electron chi connectivity index (χ3n) is 14.1. The van der Waals surface area contributed by atoms with Crippen molar-refractivity contribution in [3.8, 4) is 11.8 Å². The maximum atomic E-state index is 13.2. The minimum atomic E-state index is -6.75. The summed E-state index contributed by atoms with van der Waals surface area (Å²) in [7, 11) is 3.88. The van der Waals surface area contributed by atoms with Crippen molar-refractivity contribution in [1.29, 1.82) is 5.26 Å². The molecule has 23 heteroatoms. The van der Waals surface area contributed by atoms with Crippen LogP contribution >= 0.6 is 53.1 Å². The van der Waals surface area contributed by atoms with Crippen LogP contribution in [0.4, 0.5) is 39.5 Å². The van der Waals surface area contributed by atoms with Crippen molar-refractivity contribution in [3.05, 3.63) is 29.3 Å². The number of nitrogens with zero attached hydrogens (tertiary/aromatic N) is 3. The Labute approximate surface area is 438 Å². The van der Waals surface area contributed by atoms with E-state index in [1.54, 1.807) is 23.0 Å². The maximum Gasteiger partial charge on any atom is 0.435 e. The van der Waals surface area contributed by atoms with Crippen LogP contribution in [0.5, 0.6) is 5.75 Å². The van der Waals surface area contributed by atoms with Crippen LogP contribution in [-0.4, -0.2) is 123 Å². The summed E-state index contributed by atoms with van der Waals surface area (Å²) in [5, 5.41) is 9.00. The summed E-state index contributed by atoms with van der Waals surface area (Å²) < 4.78 is 155. The van der Waals surface area contributed by atoms with E-state index in [1.807, 2.05) is 21.6 Å². The van der Waals surface area contributed by atoms with E-state index in [0.717, 1.165) is 94.3 Å². The molecule has 0 heterocycles. The summed E-state index contributed by atoms with van der Waals surface area (Å²) >= 11 is 1.73. The number of alkyl halides is 9. The molecule has 1 aromatic carbocycles. The Kier molecular flexibility index (Phi) is 26.4. The van der Waals surface area contributed by atoms with Crippen molar-refractivity contribution < 1.29 is 70.9 Å². The Morgan fingerprint density at radius 3 is 2.13 bits per heavy atom. The molecule has 410 valence electrons. The third-order valence-corrected chi connectivity index (χ3v) is 19.0. The SMILES string of the molecule is CC(C)N(C(C)C)P(OCCC#N)OCC(CCCCCCSSCCCOc1ccc2c(c1)CCC1C2CCC2(C)C(OCCN(C)CCOC(C(F)(F)F)(C(F)(F)F)C(F)(F)F)CCC12)COOI. The van der Waals surface area contributed by atoms with Crippen molar-refractivity contribution in [2.24, 2.45) is 23.2 Å². The lowest BCUT2D eigenvalue weighted by atomic mass is 9.55. The quantitative estimate of drug-likeness (QED) is 0.0128. The Morgan fingerprint density at radius 2 is 1.48 bits per heavy atom. The molecule has 0 aliphatic heterocycles. The number of benzene rings is 1. The van der Waals surface area contributed by atoms with Gasteiger partial charge in [-0.1, -0.05) is 53.8 Å². The molecule has 0 radical (unpaired) electrons. The molecule has 2 saturated carbocycles. The molecule has 0 saturated heterocycles. The molecule has 1 aromatic rings. The van der Waals surface area contributed by atoms with E-state index in [-0.39, 0.29) is 42.7 Å². The standard InChI is InChI=1S/C48H74F9IN3O7PS2/c1-34(2)61(35(3)4)69(66-26-11-22-59)67-33-36(32-65-68-58)13-9-7-8-10-29-70-71-30-12-25-62-38-15-17-39-37(31-38)14-16-41-40(39)20-21-44(5)42(41)18-19-43(44)63-27-23-60(6)24-28-64-45(46(49,50)51,47(52,53)54)48(55,56)57/h15,17,31,34-36,40-43H,7-14,16,18-21,23-30,32-33H2,1-6H3. The van der Waals surface area contributed by atoms with Crippen molar-refractivity contribution in [2.45, 2.75) is 166 Å². The van der Waals surface area contributed by atoms with Crippen LogP contribution in [0.2, 0.25) is 0 Å². The van der Waals surface area contributed by atoms with Gasteiger partial charge in [-0.25, -0.2) is 9.56 Å². The number of hydrogen-bond acceptors (Lipinski definition) is 12. The van der Waals surface area contributed by atoms with Crippen molar-refractivity contribution in [2.75, 3.05) is 71.3 Å². The monoisotopic (exact) mass is 1200 g/mol. The Balaban J connectivity index is 1.10. The topological polar surface area (TPSA) is 94.9 Å². The number of unbranched alkanes of at least 4 members (excludes halogenated alkanes) is 3. The highest BCUT2D eigenvalue weighted by atomic mass is 127. The van der Waals surface area contributed by atoms with Crippen LogP contribution in [0.15, 0.2) is 18.2 Å². The van der Waals surface area contributed by atoms with Gasteiger partial charge in [0.15, 0.2) is 23.0 Å². The molecular formula is C48H74F9IN3O7PS2. The van der Waals surface area contributed by atoms with Crippen molar-refractivity contribution in [3.63, 3.8) is 0 Å². The zero-order valence-electron chi connectivity index (χ0n) is 41.8. The summed E-state index contributed by atoms with van der Waals surface area (Å²) in [5.74, 6) is 4.51. The molecular weight excluding hydrogens is 1120 g/mol. The second kappa shape index (κ2) is 29.8. The van der Waals surface area contributed by atoms with Crippen molar-refractivity contribution in [1.82, 2.24) is 9.57 Å². The van der Waals surface area contributed by atoms with E-state index in [1.165, 1.54) is 23.1 Å². The first kappa shape index (κ1) is 63.0. The van der Waals surface area contributed by atoms with E-state index in [0.29, 0.717) is 50.6 Å². The number of fused-ring (bicyclic) bond motifs is 5. The summed E-state index contributed by atoms with van der Waals surface area (Å²) in [6.07, 6.45) is -7.84. The van der Waals surface area contributed by atoms with Gasteiger partial charge < -0.3 is 28.2 Å². The zero-order chi connectivity index (χ0) is 52.5. The van der Waals surface area contributed by atoms with Gasteiger partial charge in [-0.15, -0.1) is 0 Å². The van der Waals surface area contributed by atoms with Gasteiger partial charge in [0, 0.05) is 42.6 Å². The summed E-state index contributed by atoms with van der Waals surface area (Å²) in [5.41, 5.74) is -3.64. The van der Waals surface area contributed by atoms with E-state index >= 15 is 0 Å². The van der Waals surface area contributed by atoms with E-state index < -0.39 is 45.8 Å². The first-order chi connectivity index (χ1) is 33.5. The largest absolute Gasteiger partial charge is 0.494 e. The first-order valence-corrected chi connectivity index (χ1v) is 29.3. The molecule has 0 aromatic heterocycles. The van der Waals surface area contributed by atoms with E-state index in [2.05, 4.69) is 68.3 Å². The van der Waals surface area contributed by atoms with Gasteiger partial charge in [-0.3, -0.25) is 0 Å². The van der Waals surface area contributed by atoms with Gasteiger partial charge in [0.25, 0.3) is 8.53 Å². The molecule has 10 nitrogen and oxygen atoms in total. The number of rotatable bonds is 33. The second-order valence-electron chi connectivity index (χ2n) is 19.7. The summed E-state index contributed by atoms with van der Waals surface area (Å²) in [6.45, 7) is 10.8. The van der Waals surface area contributed by atoms with Gasteiger partial charge in [0.05, 0.1) is 58.2 Å². The smallest absolute Gasteiger partial charge is 0.435 e. The van der Waals surface area contributed by atoms with Crippen LogP contribution in [0.25, 0.3) is 0 Å². The number of halogens is 10. The second-order valence-corrected chi connectivity index (χ2v) is 24.2. The van der Waals surface area contributed by atoms with Gasteiger partial charge in [0.2, 0.25) is 0 Å². The minimum absolute atomic E-state index is 0.0849. The lowest BCUT2D eigenvalue weighted by Crippen LogP contribution is -2.68. The van der Waals surface area contributed by atoms with Crippen LogP contribution in [0.1, 0.15) is 129 Å². The lowest BCUT2D eigenvalue weighted by molar-refractivity contribution is -0.457. The third kappa shape index (κ3) is 17.7. The molecule has 71 heavy (non-hydrogen) atoms. The molecule has 0 N–H and O–H groups in total. The Hall–Kier alpha value is -0.580. The highest BCUT2D eigenvalue weighted by molar-refractivity contribution is 14.1. The summed E-state index contributed by atoms with van der Waals surface area (Å²) in [6, 6.07) is 9.14. The minimum Gasteiger partial charge on any atom is -0.494 e. The fourth-order valence-electron chi connectivity index (χ4n) is 10.6. The normalized spacial score (nSPS) is 22.7.